The molecule has 1 aromatic carbocycles. The molecule has 2 aromatic rings. The second-order valence-corrected chi connectivity index (χ2v) is 9.05. The molecule has 156 valence electrons. The van der Waals surface area contributed by atoms with Gasteiger partial charge in [0.2, 0.25) is 5.91 Å². The third-order valence-electron chi connectivity index (χ3n) is 5.62. The molecule has 3 heterocycles. The Kier molecular flexibility index (Phi) is 4.24. The third kappa shape index (κ3) is 3.49. The fraction of sp³-hybridized carbons (Fsp3) is 0.435. The van der Waals surface area contributed by atoms with Crippen molar-refractivity contribution < 1.29 is 23.8 Å². The summed E-state index contributed by atoms with van der Waals surface area (Å²) in [5.41, 5.74) is 1.49. The zero-order valence-electron chi connectivity index (χ0n) is 17.2. The number of rotatable bonds is 4. The molecule has 0 spiro atoms. The van der Waals surface area contributed by atoms with Crippen molar-refractivity contribution in [2.45, 2.75) is 57.7 Å². The number of pyridine rings is 1. The van der Waals surface area contributed by atoms with Gasteiger partial charge >= 0.3 is 5.97 Å². The number of hydrogen-bond donors (Lipinski definition) is 1. The van der Waals surface area contributed by atoms with Crippen molar-refractivity contribution in [1.82, 2.24) is 4.98 Å². The number of nitrogens with zero attached hydrogens (tertiary/aromatic N) is 1. The molecule has 1 aliphatic carbocycles. The summed E-state index contributed by atoms with van der Waals surface area (Å²) in [6.45, 7) is 5.62. The minimum absolute atomic E-state index is 0.0300. The van der Waals surface area contributed by atoms with Crippen LogP contribution in [0.5, 0.6) is 17.2 Å². The minimum atomic E-state index is -0.482. The highest BCUT2D eigenvalue weighted by Crippen LogP contribution is 2.60. The average Bonchev–Trinajstić information content (AvgIpc) is 3.16. The molecule has 1 aromatic heterocycles. The summed E-state index contributed by atoms with van der Waals surface area (Å²) in [5.74, 6) is 2.92. The van der Waals surface area contributed by atoms with E-state index in [1.54, 1.807) is 6.20 Å². The van der Waals surface area contributed by atoms with E-state index in [4.69, 9.17) is 14.2 Å². The van der Waals surface area contributed by atoms with Gasteiger partial charge in [0, 0.05) is 35.6 Å². The van der Waals surface area contributed by atoms with Crippen LogP contribution < -0.4 is 14.8 Å². The number of carbonyl (C=O) groups is 2. The quantitative estimate of drug-likeness (QED) is 0.771. The van der Waals surface area contributed by atoms with Crippen LogP contribution in [0.4, 0.5) is 5.82 Å². The Morgan fingerprint density at radius 2 is 2.10 bits per heavy atom. The molecule has 3 aliphatic rings. The van der Waals surface area contributed by atoms with E-state index in [1.807, 2.05) is 45.0 Å². The first kappa shape index (κ1) is 18.9. The molecule has 30 heavy (non-hydrogen) atoms. The van der Waals surface area contributed by atoms with Crippen LogP contribution in [0.3, 0.4) is 0 Å². The molecular formula is C23H24N2O5. The summed E-state index contributed by atoms with van der Waals surface area (Å²) in [6, 6.07) is 7.59. The Balaban J connectivity index is 1.31. The van der Waals surface area contributed by atoms with Crippen LogP contribution in [0, 0.1) is 5.92 Å². The number of amides is 1. The number of aromatic nitrogens is 1. The van der Waals surface area contributed by atoms with Crippen molar-refractivity contribution in [3.05, 3.63) is 41.6 Å². The second-order valence-electron chi connectivity index (χ2n) is 9.05. The van der Waals surface area contributed by atoms with Gasteiger partial charge in [0.15, 0.2) is 0 Å². The van der Waals surface area contributed by atoms with E-state index < -0.39 is 5.60 Å². The zero-order chi connectivity index (χ0) is 21.0. The summed E-state index contributed by atoms with van der Waals surface area (Å²) in [5, 5.41) is 2.79. The van der Waals surface area contributed by atoms with Crippen LogP contribution in [0.1, 0.15) is 50.7 Å². The van der Waals surface area contributed by atoms with Gasteiger partial charge in [-0.2, -0.15) is 0 Å². The molecule has 5 rings (SSSR count). The molecule has 7 heteroatoms. The van der Waals surface area contributed by atoms with Crippen LogP contribution in [0.2, 0.25) is 0 Å². The number of carbonyl (C=O) groups excluding carboxylic acids is 2. The molecule has 1 amide bonds. The van der Waals surface area contributed by atoms with Gasteiger partial charge in [-0.25, -0.2) is 4.98 Å². The Bertz CT molecular complexity index is 1040. The molecule has 1 fully saturated rings. The van der Waals surface area contributed by atoms with E-state index in [-0.39, 0.29) is 29.8 Å². The fourth-order valence-electron chi connectivity index (χ4n) is 4.31. The van der Waals surface area contributed by atoms with Crippen LogP contribution in [-0.4, -0.2) is 28.6 Å². The van der Waals surface area contributed by atoms with E-state index in [1.165, 1.54) is 0 Å². The van der Waals surface area contributed by atoms with Gasteiger partial charge in [-0.15, -0.1) is 0 Å². The van der Waals surface area contributed by atoms with Gasteiger partial charge in [-0.1, -0.05) is 0 Å². The molecule has 0 radical (unpaired) electrons. The SMILES string of the molecule is CC(C)(C)OC(=O)C[C@@H]1C2Oc3ccc(Oc4ccnc5c4CCC(=O)N5)cc3[C@H]21. The van der Waals surface area contributed by atoms with E-state index in [0.717, 1.165) is 16.9 Å². The van der Waals surface area contributed by atoms with Crippen molar-refractivity contribution >= 4 is 17.7 Å². The molecular weight excluding hydrogens is 384 g/mol. The maximum atomic E-state index is 12.2. The van der Waals surface area contributed by atoms with Gasteiger partial charge in [-0.05, 0) is 51.5 Å². The minimum Gasteiger partial charge on any atom is -0.489 e. The molecule has 1 unspecified atom stereocenters. The summed E-state index contributed by atoms with van der Waals surface area (Å²) < 4.78 is 17.6. The maximum Gasteiger partial charge on any atom is 0.306 e. The average molecular weight is 408 g/mol. The molecule has 1 saturated carbocycles. The zero-order valence-corrected chi connectivity index (χ0v) is 17.2. The van der Waals surface area contributed by atoms with E-state index in [0.29, 0.717) is 36.6 Å². The fourth-order valence-corrected chi connectivity index (χ4v) is 4.31. The van der Waals surface area contributed by atoms with Crippen molar-refractivity contribution in [1.29, 1.82) is 0 Å². The summed E-state index contributed by atoms with van der Waals surface area (Å²) in [6.07, 6.45) is 3.04. The lowest BCUT2D eigenvalue weighted by atomic mass is 10.1. The van der Waals surface area contributed by atoms with Gasteiger partial charge in [-0.3, -0.25) is 9.59 Å². The van der Waals surface area contributed by atoms with E-state index >= 15 is 0 Å². The van der Waals surface area contributed by atoms with Crippen LogP contribution >= 0.6 is 0 Å². The van der Waals surface area contributed by atoms with Gasteiger partial charge in [0.1, 0.15) is 34.8 Å². The predicted molar refractivity (Wildman–Crippen MR) is 109 cm³/mol. The maximum absolute atomic E-state index is 12.2. The topological polar surface area (TPSA) is 86.8 Å². The number of nitrogens with one attached hydrogen (secondary N) is 1. The Hall–Kier alpha value is -3.09. The highest BCUT2D eigenvalue weighted by atomic mass is 16.6. The highest BCUT2D eigenvalue weighted by Gasteiger charge is 2.59. The number of hydrogen-bond acceptors (Lipinski definition) is 6. The van der Waals surface area contributed by atoms with Crippen molar-refractivity contribution in [2.75, 3.05) is 5.32 Å². The first-order valence-corrected chi connectivity index (χ1v) is 10.3. The van der Waals surface area contributed by atoms with E-state index in [2.05, 4.69) is 10.3 Å². The molecule has 7 nitrogen and oxygen atoms in total. The Labute approximate surface area is 174 Å². The number of ether oxygens (including phenoxy) is 3. The number of benzene rings is 1. The van der Waals surface area contributed by atoms with Crippen molar-refractivity contribution in [3.63, 3.8) is 0 Å². The number of esters is 1. The van der Waals surface area contributed by atoms with Crippen molar-refractivity contribution in [2.24, 2.45) is 5.92 Å². The van der Waals surface area contributed by atoms with Crippen molar-refractivity contribution in [3.8, 4) is 17.2 Å². The third-order valence-corrected chi connectivity index (χ3v) is 5.62. The first-order chi connectivity index (χ1) is 14.3. The summed E-state index contributed by atoms with van der Waals surface area (Å²) in [4.78, 5) is 28.0. The lowest BCUT2D eigenvalue weighted by Gasteiger charge is -2.20. The van der Waals surface area contributed by atoms with Crippen LogP contribution in [0.15, 0.2) is 30.5 Å². The summed E-state index contributed by atoms with van der Waals surface area (Å²) in [7, 11) is 0. The largest absolute Gasteiger partial charge is 0.489 e. The molecule has 0 bridgehead atoms. The standard InChI is InChI=1S/C23H24N2O5/c1-23(2,3)30-19(27)11-15-20-14-10-12(4-6-16(14)29-21(15)20)28-17-8-9-24-22-13(17)5-7-18(26)25-22/h4,6,8-10,15,20-21H,5,7,11H2,1-3H3,(H,24,25,26)/t15-,20-,21?/m0/s1. The van der Waals surface area contributed by atoms with Gasteiger partial charge in [0.05, 0.1) is 6.42 Å². The highest BCUT2D eigenvalue weighted by molar-refractivity contribution is 5.93. The van der Waals surface area contributed by atoms with Gasteiger partial charge < -0.3 is 19.5 Å². The Morgan fingerprint density at radius 1 is 1.27 bits per heavy atom. The Morgan fingerprint density at radius 3 is 2.90 bits per heavy atom. The van der Waals surface area contributed by atoms with Crippen LogP contribution in [-0.2, 0) is 20.7 Å². The summed E-state index contributed by atoms with van der Waals surface area (Å²) >= 11 is 0. The lowest BCUT2D eigenvalue weighted by molar-refractivity contribution is -0.155. The first-order valence-electron chi connectivity index (χ1n) is 10.3. The smallest absolute Gasteiger partial charge is 0.306 e. The number of fused-ring (bicyclic) bond motifs is 4. The molecule has 1 N–H and O–H groups in total. The van der Waals surface area contributed by atoms with Gasteiger partial charge in [0.25, 0.3) is 0 Å². The monoisotopic (exact) mass is 408 g/mol. The number of anilines is 1. The van der Waals surface area contributed by atoms with Crippen LogP contribution in [0.25, 0.3) is 0 Å². The molecule has 3 atom stereocenters. The molecule has 2 aliphatic heterocycles. The predicted octanol–water partition coefficient (Wildman–Crippen LogP) is 3.96. The second kappa shape index (κ2) is 6.72. The van der Waals surface area contributed by atoms with E-state index in [9.17, 15) is 9.59 Å². The lowest BCUT2D eigenvalue weighted by Crippen LogP contribution is -2.24. The normalized spacial score (nSPS) is 23.4. The molecule has 0 saturated heterocycles.